The fourth-order valence-corrected chi connectivity index (χ4v) is 1.30. The van der Waals surface area contributed by atoms with Crippen LogP contribution >= 0.6 is 11.6 Å². The first-order valence-corrected chi connectivity index (χ1v) is 4.97. The lowest BCUT2D eigenvalue weighted by atomic mass is 10.1. The first kappa shape index (κ1) is 11.0. The third kappa shape index (κ3) is 2.70. The molecule has 0 aliphatic heterocycles. The van der Waals surface area contributed by atoms with Crippen LogP contribution in [-0.4, -0.2) is 10.8 Å². The SMILES string of the molecule is CCCCC(=O)c1cc(Cl)cnc1N. The molecule has 76 valence electrons. The standard InChI is InChI=1S/C10H13ClN2O/c1-2-3-4-9(14)8-5-7(11)6-13-10(8)12/h5-6H,2-4H2,1H3,(H2,12,13). The summed E-state index contributed by atoms with van der Waals surface area (Å²) in [4.78, 5) is 15.4. The summed E-state index contributed by atoms with van der Waals surface area (Å²) < 4.78 is 0. The molecular weight excluding hydrogens is 200 g/mol. The highest BCUT2D eigenvalue weighted by atomic mass is 35.5. The zero-order chi connectivity index (χ0) is 10.6. The van der Waals surface area contributed by atoms with Gasteiger partial charge in [-0.15, -0.1) is 0 Å². The summed E-state index contributed by atoms with van der Waals surface area (Å²) in [7, 11) is 0. The van der Waals surface area contributed by atoms with Crippen LogP contribution in [0.25, 0.3) is 0 Å². The Kier molecular flexibility index (Phi) is 3.89. The molecule has 4 heteroatoms. The van der Waals surface area contributed by atoms with Crippen molar-refractivity contribution in [3.63, 3.8) is 0 Å². The number of pyridine rings is 1. The van der Waals surface area contributed by atoms with Gasteiger partial charge in [0.15, 0.2) is 5.78 Å². The Hall–Kier alpha value is -1.09. The Labute approximate surface area is 88.3 Å². The van der Waals surface area contributed by atoms with Gasteiger partial charge < -0.3 is 5.73 Å². The molecule has 1 rings (SSSR count). The first-order valence-electron chi connectivity index (χ1n) is 4.59. The second-order valence-corrected chi connectivity index (χ2v) is 3.55. The van der Waals surface area contributed by atoms with Crippen molar-refractivity contribution >= 4 is 23.2 Å². The summed E-state index contributed by atoms with van der Waals surface area (Å²) in [5.74, 6) is 0.273. The molecule has 0 atom stereocenters. The minimum Gasteiger partial charge on any atom is -0.383 e. The number of Topliss-reactive ketones (excluding diaryl/α,β-unsaturated/α-hetero) is 1. The number of unbranched alkanes of at least 4 members (excludes halogenated alkanes) is 1. The molecule has 0 radical (unpaired) electrons. The fraction of sp³-hybridized carbons (Fsp3) is 0.400. The van der Waals surface area contributed by atoms with Crippen LogP contribution in [0.2, 0.25) is 5.02 Å². The number of halogens is 1. The second kappa shape index (κ2) is 4.96. The predicted molar refractivity (Wildman–Crippen MR) is 57.5 cm³/mol. The van der Waals surface area contributed by atoms with Crippen molar-refractivity contribution in [1.29, 1.82) is 0 Å². The highest BCUT2D eigenvalue weighted by Crippen LogP contribution is 2.17. The van der Waals surface area contributed by atoms with Gasteiger partial charge in [0.25, 0.3) is 0 Å². The number of aromatic nitrogens is 1. The molecule has 0 saturated carbocycles. The lowest BCUT2D eigenvalue weighted by Crippen LogP contribution is -2.05. The molecule has 0 bridgehead atoms. The molecule has 0 saturated heterocycles. The number of carbonyl (C=O) groups is 1. The van der Waals surface area contributed by atoms with Gasteiger partial charge in [0.1, 0.15) is 5.82 Å². The minimum absolute atomic E-state index is 0.0133. The molecule has 1 aromatic rings. The van der Waals surface area contributed by atoms with E-state index in [9.17, 15) is 4.79 Å². The molecule has 0 aromatic carbocycles. The maximum atomic E-state index is 11.6. The molecule has 3 nitrogen and oxygen atoms in total. The van der Waals surface area contributed by atoms with E-state index in [4.69, 9.17) is 17.3 Å². The summed E-state index contributed by atoms with van der Waals surface area (Å²) >= 11 is 5.72. The summed E-state index contributed by atoms with van der Waals surface area (Å²) in [6.07, 6.45) is 3.79. The number of carbonyl (C=O) groups excluding carboxylic acids is 1. The van der Waals surface area contributed by atoms with Crippen molar-refractivity contribution in [3.8, 4) is 0 Å². The normalized spacial score (nSPS) is 10.1. The summed E-state index contributed by atoms with van der Waals surface area (Å²) in [6, 6.07) is 1.57. The second-order valence-electron chi connectivity index (χ2n) is 3.11. The Morgan fingerprint density at radius 2 is 2.36 bits per heavy atom. The van der Waals surface area contributed by atoms with Crippen LogP contribution in [0.3, 0.4) is 0 Å². The van der Waals surface area contributed by atoms with Gasteiger partial charge in [0.05, 0.1) is 10.6 Å². The summed E-state index contributed by atoms with van der Waals surface area (Å²) in [6.45, 7) is 2.03. The molecule has 0 aliphatic carbocycles. The number of nitrogens with zero attached hydrogens (tertiary/aromatic N) is 1. The fourth-order valence-electron chi connectivity index (χ4n) is 1.15. The first-order chi connectivity index (χ1) is 6.65. The molecule has 0 fully saturated rings. The lowest BCUT2D eigenvalue weighted by molar-refractivity contribution is 0.0980. The summed E-state index contributed by atoms with van der Waals surface area (Å²) in [5.41, 5.74) is 6.01. The van der Waals surface area contributed by atoms with E-state index in [2.05, 4.69) is 4.98 Å². The van der Waals surface area contributed by atoms with Crippen LogP contribution in [0.15, 0.2) is 12.3 Å². The number of rotatable bonds is 4. The Bertz CT molecular complexity index is 339. The van der Waals surface area contributed by atoms with Gasteiger partial charge in [-0.1, -0.05) is 24.9 Å². The van der Waals surface area contributed by atoms with E-state index in [1.54, 1.807) is 6.07 Å². The van der Waals surface area contributed by atoms with E-state index in [1.165, 1.54) is 6.20 Å². The largest absolute Gasteiger partial charge is 0.383 e. The van der Waals surface area contributed by atoms with Crippen LogP contribution in [0.5, 0.6) is 0 Å². The molecule has 0 spiro atoms. The Morgan fingerprint density at radius 1 is 1.64 bits per heavy atom. The van der Waals surface area contributed by atoms with Crippen LogP contribution in [-0.2, 0) is 0 Å². The number of nitrogen functional groups attached to an aromatic ring is 1. The smallest absolute Gasteiger partial charge is 0.166 e. The monoisotopic (exact) mass is 212 g/mol. The topological polar surface area (TPSA) is 56.0 Å². The molecule has 0 aliphatic rings. The van der Waals surface area contributed by atoms with Gasteiger partial charge in [-0.05, 0) is 12.5 Å². The van der Waals surface area contributed by atoms with Crippen molar-refractivity contribution in [2.24, 2.45) is 0 Å². The van der Waals surface area contributed by atoms with Crippen molar-refractivity contribution < 1.29 is 4.79 Å². The van der Waals surface area contributed by atoms with Gasteiger partial charge in [-0.25, -0.2) is 4.98 Å². The van der Waals surface area contributed by atoms with E-state index < -0.39 is 0 Å². The number of hydrogen-bond acceptors (Lipinski definition) is 3. The number of nitrogens with two attached hydrogens (primary N) is 1. The van der Waals surface area contributed by atoms with Crippen LogP contribution in [0.1, 0.15) is 36.5 Å². The molecule has 0 amide bonds. The van der Waals surface area contributed by atoms with Gasteiger partial charge in [-0.3, -0.25) is 4.79 Å². The quantitative estimate of drug-likeness (QED) is 0.781. The van der Waals surface area contributed by atoms with Crippen molar-refractivity contribution in [2.75, 3.05) is 5.73 Å². The van der Waals surface area contributed by atoms with E-state index in [1.807, 2.05) is 6.92 Å². The van der Waals surface area contributed by atoms with E-state index >= 15 is 0 Å². The van der Waals surface area contributed by atoms with Crippen molar-refractivity contribution in [1.82, 2.24) is 4.98 Å². The highest BCUT2D eigenvalue weighted by Gasteiger charge is 2.10. The zero-order valence-electron chi connectivity index (χ0n) is 8.09. The summed E-state index contributed by atoms with van der Waals surface area (Å²) in [5, 5.41) is 0.444. The van der Waals surface area contributed by atoms with Crippen LogP contribution < -0.4 is 5.73 Å². The van der Waals surface area contributed by atoms with E-state index in [0.29, 0.717) is 17.0 Å². The molecule has 0 unspecified atom stereocenters. The molecular formula is C10H13ClN2O. The van der Waals surface area contributed by atoms with Crippen LogP contribution in [0.4, 0.5) is 5.82 Å². The minimum atomic E-state index is 0.0133. The van der Waals surface area contributed by atoms with Crippen molar-refractivity contribution in [3.05, 3.63) is 22.8 Å². The third-order valence-electron chi connectivity index (χ3n) is 1.94. The maximum absolute atomic E-state index is 11.6. The molecule has 1 aromatic heterocycles. The third-order valence-corrected chi connectivity index (χ3v) is 2.15. The maximum Gasteiger partial charge on any atom is 0.166 e. The highest BCUT2D eigenvalue weighted by molar-refractivity contribution is 6.31. The molecule has 14 heavy (non-hydrogen) atoms. The van der Waals surface area contributed by atoms with Crippen LogP contribution in [0, 0.1) is 0 Å². The number of anilines is 1. The number of hydrogen-bond donors (Lipinski definition) is 1. The number of ketones is 1. The lowest BCUT2D eigenvalue weighted by Gasteiger charge is -2.03. The van der Waals surface area contributed by atoms with Gasteiger partial charge >= 0.3 is 0 Å². The Morgan fingerprint density at radius 3 is 3.00 bits per heavy atom. The Balaban J connectivity index is 2.83. The molecule has 2 N–H and O–H groups in total. The predicted octanol–water partition coefficient (Wildman–Crippen LogP) is 2.69. The average molecular weight is 213 g/mol. The van der Waals surface area contributed by atoms with E-state index in [0.717, 1.165) is 12.8 Å². The van der Waals surface area contributed by atoms with Gasteiger partial charge in [-0.2, -0.15) is 0 Å². The van der Waals surface area contributed by atoms with Crippen molar-refractivity contribution in [2.45, 2.75) is 26.2 Å². The average Bonchev–Trinajstić information content (AvgIpc) is 2.18. The van der Waals surface area contributed by atoms with Gasteiger partial charge in [0, 0.05) is 12.6 Å². The molecule has 1 heterocycles. The zero-order valence-corrected chi connectivity index (χ0v) is 8.84. The van der Waals surface area contributed by atoms with Gasteiger partial charge in [0.2, 0.25) is 0 Å². The van der Waals surface area contributed by atoms with E-state index in [-0.39, 0.29) is 11.6 Å².